The van der Waals surface area contributed by atoms with Crippen molar-refractivity contribution < 1.29 is 9.53 Å². The van der Waals surface area contributed by atoms with Crippen molar-refractivity contribution in [2.75, 3.05) is 38.2 Å². The normalized spacial score (nSPS) is 17.1. The molecular weight excluding hydrogens is 250 g/mol. The highest BCUT2D eigenvalue weighted by Gasteiger charge is 2.15. The van der Waals surface area contributed by atoms with Gasteiger partial charge in [0.25, 0.3) is 0 Å². The summed E-state index contributed by atoms with van der Waals surface area (Å²) in [6.45, 7) is 7.66. The van der Waals surface area contributed by atoms with Crippen molar-refractivity contribution in [1.82, 2.24) is 9.88 Å². The van der Waals surface area contributed by atoms with Gasteiger partial charge in [0.2, 0.25) is 5.91 Å². The third-order valence-corrected chi connectivity index (χ3v) is 3.61. The molecule has 2 heterocycles. The van der Waals surface area contributed by atoms with E-state index >= 15 is 0 Å². The number of carbonyl (C=O) groups is 1. The molecule has 0 aromatic carbocycles. The van der Waals surface area contributed by atoms with Gasteiger partial charge in [0.15, 0.2) is 5.13 Å². The highest BCUT2D eigenvalue weighted by atomic mass is 32.1. The minimum absolute atomic E-state index is 0.00144. The molecule has 18 heavy (non-hydrogen) atoms. The highest BCUT2D eigenvalue weighted by molar-refractivity contribution is 7.13. The van der Waals surface area contributed by atoms with Gasteiger partial charge < -0.3 is 10.1 Å². The maximum atomic E-state index is 11.8. The van der Waals surface area contributed by atoms with E-state index in [9.17, 15) is 4.79 Å². The Bertz CT molecular complexity index is 400. The SMILES string of the molecule is CC(C)c1csc(NC(=O)CN2CCOCC2)n1. The summed E-state index contributed by atoms with van der Waals surface area (Å²) >= 11 is 1.48. The van der Waals surface area contributed by atoms with E-state index in [0.29, 0.717) is 30.8 Å². The predicted octanol–water partition coefficient (Wildman–Crippen LogP) is 1.54. The van der Waals surface area contributed by atoms with Crippen LogP contribution in [0.2, 0.25) is 0 Å². The lowest BCUT2D eigenvalue weighted by Crippen LogP contribution is -2.41. The van der Waals surface area contributed by atoms with Crippen LogP contribution in [0.5, 0.6) is 0 Å². The number of thiazole rings is 1. The van der Waals surface area contributed by atoms with Crippen molar-refractivity contribution in [2.45, 2.75) is 19.8 Å². The molecule has 0 radical (unpaired) electrons. The number of nitrogens with one attached hydrogen (secondary N) is 1. The Hall–Kier alpha value is -0.980. The minimum Gasteiger partial charge on any atom is -0.379 e. The Balaban J connectivity index is 1.82. The molecule has 1 aliphatic rings. The van der Waals surface area contributed by atoms with E-state index in [4.69, 9.17) is 4.74 Å². The largest absolute Gasteiger partial charge is 0.379 e. The molecule has 0 spiro atoms. The van der Waals surface area contributed by atoms with Crippen LogP contribution < -0.4 is 5.32 Å². The molecule has 0 aliphatic carbocycles. The monoisotopic (exact) mass is 269 g/mol. The minimum atomic E-state index is 0.00144. The average Bonchev–Trinajstić information content (AvgIpc) is 2.78. The summed E-state index contributed by atoms with van der Waals surface area (Å²) < 4.78 is 5.25. The molecule has 0 unspecified atom stereocenters. The molecule has 0 saturated carbocycles. The fourth-order valence-electron chi connectivity index (χ4n) is 1.73. The molecule has 1 aliphatic heterocycles. The summed E-state index contributed by atoms with van der Waals surface area (Å²) in [6.07, 6.45) is 0. The van der Waals surface area contributed by atoms with Crippen LogP contribution in [0, 0.1) is 0 Å². The van der Waals surface area contributed by atoms with Crippen LogP contribution in [0.4, 0.5) is 5.13 Å². The zero-order chi connectivity index (χ0) is 13.0. The lowest BCUT2D eigenvalue weighted by atomic mass is 10.2. The van der Waals surface area contributed by atoms with Crippen LogP contribution in [0.1, 0.15) is 25.5 Å². The van der Waals surface area contributed by atoms with Crippen molar-refractivity contribution in [2.24, 2.45) is 0 Å². The molecule has 1 aromatic heterocycles. The van der Waals surface area contributed by atoms with Gasteiger partial charge in [0.1, 0.15) is 0 Å². The van der Waals surface area contributed by atoms with Crippen molar-refractivity contribution in [3.63, 3.8) is 0 Å². The van der Waals surface area contributed by atoms with Crippen LogP contribution in [0.3, 0.4) is 0 Å². The summed E-state index contributed by atoms with van der Waals surface area (Å²) in [6, 6.07) is 0. The standard InChI is InChI=1S/C12H19N3O2S/c1-9(2)10-8-18-12(13-10)14-11(16)7-15-3-5-17-6-4-15/h8-9H,3-7H2,1-2H3,(H,13,14,16). The number of carbonyl (C=O) groups excluding carboxylic acids is 1. The van der Waals surface area contributed by atoms with Gasteiger partial charge in [0, 0.05) is 18.5 Å². The number of ether oxygens (including phenoxy) is 1. The van der Waals surface area contributed by atoms with Gasteiger partial charge in [-0.15, -0.1) is 11.3 Å². The van der Waals surface area contributed by atoms with Crippen molar-refractivity contribution >= 4 is 22.4 Å². The first-order valence-electron chi connectivity index (χ1n) is 6.20. The second kappa shape index (κ2) is 6.26. The van der Waals surface area contributed by atoms with Crippen LogP contribution in [-0.2, 0) is 9.53 Å². The summed E-state index contributed by atoms with van der Waals surface area (Å²) in [5.74, 6) is 0.396. The Kier molecular flexibility index (Phi) is 4.68. The first kappa shape index (κ1) is 13.5. The lowest BCUT2D eigenvalue weighted by molar-refractivity contribution is -0.118. The molecule has 2 rings (SSSR count). The summed E-state index contributed by atoms with van der Waals surface area (Å²) in [4.78, 5) is 18.3. The van der Waals surface area contributed by atoms with Crippen molar-refractivity contribution in [3.05, 3.63) is 11.1 Å². The van der Waals surface area contributed by atoms with E-state index in [0.717, 1.165) is 18.8 Å². The first-order chi connectivity index (χ1) is 8.65. The van der Waals surface area contributed by atoms with Crippen molar-refractivity contribution in [1.29, 1.82) is 0 Å². The van der Waals surface area contributed by atoms with Gasteiger partial charge in [-0.3, -0.25) is 9.69 Å². The van der Waals surface area contributed by atoms with Gasteiger partial charge in [-0.1, -0.05) is 13.8 Å². The molecule has 0 atom stereocenters. The summed E-state index contributed by atoms with van der Waals surface area (Å²) in [7, 11) is 0. The molecule has 6 heteroatoms. The molecule has 100 valence electrons. The van der Waals surface area contributed by atoms with E-state index < -0.39 is 0 Å². The Morgan fingerprint density at radius 3 is 2.89 bits per heavy atom. The second-order valence-corrected chi connectivity index (χ2v) is 5.53. The fourth-order valence-corrected chi connectivity index (χ4v) is 2.62. The maximum Gasteiger partial charge on any atom is 0.240 e. The number of aromatic nitrogens is 1. The predicted molar refractivity (Wildman–Crippen MR) is 72.1 cm³/mol. The quantitative estimate of drug-likeness (QED) is 0.901. The third-order valence-electron chi connectivity index (χ3n) is 2.83. The van der Waals surface area contributed by atoms with Gasteiger partial charge in [-0.25, -0.2) is 4.98 Å². The Morgan fingerprint density at radius 2 is 2.28 bits per heavy atom. The smallest absolute Gasteiger partial charge is 0.240 e. The molecule has 0 bridgehead atoms. The van der Waals surface area contributed by atoms with Crippen molar-refractivity contribution in [3.8, 4) is 0 Å². The van der Waals surface area contributed by atoms with Crippen LogP contribution >= 0.6 is 11.3 Å². The van der Waals surface area contributed by atoms with E-state index in [1.54, 1.807) is 0 Å². The van der Waals surface area contributed by atoms with Gasteiger partial charge in [0.05, 0.1) is 25.5 Å². The van der Waals surface area contributed by atoms with E-state index in [2.05, 4.69) is 29.0 Å². The Labute approximate surface area is 111 Å². The molecule has 5 nitrogen and oxygen atoms in total. The van der Waals surface area contributed by atoms with Crippen LogP contribution in [0.15, 0.2) is 5.38 Å². The highest BCUT2D eigenvalue weighted by Crippen LogP contribution is 2.21. The molecule has 1 aromatic rings. The van der Waals surface area contributed by atoms with Gasteiger partial charge in [-0.2, -0.15) is 0 Å². The number of amides is 1. The number of anilines is 1. The zero-order valence-corrected chi connectivity index (χ0v) is 11.6. The number of rotatable bonds is 4. The molecule has 1 saturated heterocycles. The summed E-state index contributed by atoms with van der Waals surface area (Å²) in [5.41, 5.74) is 1.03. The van der Waals surface area contributed by atoms with Gasteiger partial charge in [-0.05, 0) is 5.92 Å². The first-order valence-corrected chi connectivity index (χ1v) is 7.08. The summed E-state index contributed by atoms with van der Waals surface area (Å²) in [5, 5.41) is 5.54. The topological polar surface area (TPSA) is 54.5 Å². The zero-order valence-electron chi connectivity index (χ0n) is 10.8. The number of hydrogen-bond acceptors (Lipinski definition) is 5. The molecular formula is C12H19N3O2S. The fraction of sp³-hybridized carbons (Fsp3) is 0.667. The lowest BCUT2D eigenvalue weighted by Gasteiger charge is -2.25. The molecule has 1 N–H and O–H groups in total. The Morgan fingerprint density at radius 1 is 1.56 bits per heavy atom. The number of morpholine rings is 1. The van der Waals surface area contributed by atoms with Crippen LogP contribution in [-0.4, -0.2) is 48.6 Å². The second-order valence-electron chi connectivity index (χ2n) is 4.67. The number of nitrogens with zero attached hydrogens (tertiary/aromatic N) is 2. The average molecular weight is 269 g/mol. The van der Waals surface area contributed by atoms with Gasteiger partial charge >= 0.3 is 0 Å². The van der Waals surface area contributed by atoms with E-state index in [1.807, 2.05) is 5.38 Å². The third kappa shape index (κ3) is 3.76. The number of hydrogen-bond donors (Lipinski definition) is 1. The molecule has 1 fully saturated rings. The molecule has 1 amide bonds. The maximum absolute atomic E-state index is 11.8. The van der Waals surface area contributed by atoms with Crippen LogP contribution in [0.25, 0.3) is 0 Å². The van der Waals surface area contributed by atoms with E-state index in [-0.39, 0.29) is 5.91 Å². The van der Waals surface area contributed by atoms with E-state index in [1.165, 1.54) is 11.3 Å².